The Morgan fingerprint density at radius 2 is 2.28 bits per heavy atom. The third-order valence-electron chi connectivity index (χ3n) is 3.41. The molecule has 0 spiro atoms. The topological polar surface area (TPSA) is 21.7 Å². The molecule has 0 amide bonds. The fourth-order valence-corrected chi connectivity index (χ4v) is 2.21. The zero-order valence-corrected chi connectivity index (χ0v) is 11.4. The largest absolute Gasteiger partial charge is 0.491 e. The first-order valence-corrected chi connectivity index (χ1v) is 6.87. The monoisotopic (exact) mass is 249 g/mol. The molecular formula is C15H23NO2. The fourth-order valence-electron chi connectivity index (χ4n) is 2.21. The van der Waals surface area contributed by atoms with E-state index in [2.05, 4.69) is 30.9 Å². The van der Waals surface area contributed by atoms with Crippen molar-refractivity contribution in [1.82, 2.24) is 4.90 Å². The molecular weight excluding hydrogens is 226 g/mol. The summed E-state index contributed by atoms with van der Waals surface area (Å²) in [7, 11) is 0. The molecule has 1 heterocycles. The second-order valence-corrected chi connectivity index (χ2v) is 4.70. The number of rotatable bonds is 5. The molecule has 1 aromatic carbocycles. The van der Waals surface area contributed by atoms with Gasteiger partial charge in [-0.25, -0.2) is 0 Å². The van der Waals surface area contributed by atoms with Crippen molar-refractivity contribution < 1.29 is 9.47 Å². The summed E-state index contributed by atoms with van der Waals surface area (Å²) in [5.41, 5.74) is 1.31. The minimum Gasteiger partial charge on any atom is -0.491 e. The molecule has 1 aliphatic rings. The Kier molecular flexibility index (Phi) is 5.02. The number of nitrogens with zero attached hydrogens (tertiary/aromatic N) is 1. The van der Waals surface area contributed by atoms with Crippen LogP contribution in [0.5, 0.6) is 5.75 Å². The van der Waals surface area contributed by atoms with Gasteiger partial charge in [0.2, 0.25) is 0 Å². The van der Waals surface area contributed by atoms with E-state index < -0.39 is 0 Å². The zero-order valence-electron chi connectivity index (χ0n) is 11.4. The summed E-state index contributed by atoms with van der Waals surface area (Å²) in [4.78, 5) is 2.40. The molecule has 3 nitrogen and oxygen atoms in total. The van der Waals surface area contributed by atoms with Crippen LogP contribution in [0.15, 0.2) is 24.3 Å². The number of aryl methyl sites for hydroxylation is 1. The lowest BCUT2D eigenvalue weighted by Gasteiger charge is -2.31. The molecule has 1 unspecified atom stereocenters. The van der Waals surface area contributed by atoms with Gasteiger partial charge in [-0.05, 0) is 30.7 Å². The lowest BCUT2D eigenvalue weighted by molar-refractivity contribution is -0.0464. The summed E-state index contributed by atoms with van der Waals surface area (Å²) in [5, 5.41) is 0. The lowest BCUT2D eigenvalue weighted by atomic mass is 10.2. The van der Waals surface area contributed by atoms with Crippen LogP contribution in [0.25, 0.3) is 0 Å². The van der Waals surface area contributed by atoms with Gasteiger partial charge in [0.1, 0.15) is 18.5 Å². The van der Waals surface area contributed by atoms with Crippen molar-refractivity contribution in [1.29, 1.82) is 0 Å². The molecule has 100 valence electrons. The van der Waals surface area contributed by atoms with Gasteiger partial charge in [-0.1, -0.05) is 26.0 Å². The molecule has 0 radical (unpaired) electrons. The summed E-state index contributed by atoms with van der Waals surface area (Å²) >= 11 is 0. The van der Waals surface area contributed by atoms with Gasteiger partial charge in [0.25, 0.3) is 0 Å². The maximum absolute atomic E-state index is 5.83. The van der Waals surface area contributed by atoms with Crippen molar-refractivity contribution in [3.8, 4) is 5.75 Å². The average molecular weight is 249 g/mol. The normalized spacial score (nSPS) is 20.9. The van der Waals surface area contributed by atoms with E-state index in [4.69, 9.17) is 9.47 Å². The van der Waals surface area contributed by atoms with Crippen LogP contribution in [0.1, 0.15) is 19.4 Å². The predicted molar refractivity (Wildman–Crippen MR) is 73.2 cm³/mol. The van der Waals surface area contributed by atoms with E-state index in [1.54, 1.807) is 0 Å². The van der Waals surface area contributed by atoms with Crippen LogP contribution >= 0.6 is 0 Å². The Labute approximate surface area is 110 Å². The highest BCUT2D eigenvalue weighted by Crippen LogP contribution is 2.15. The number of likely N-dealkylation sites (N-methyl/N-ethyl adjacent to an activating group) is 1. The first-order valence-electron chi connectivity index (χ1n) is 6.87. The van der Waals surface area contributed by atoms with E-state index in [0.717, 1.165) is 38.4 Å². The lowest BCUT2D eigenvalue weighted by Crippen LogP contribution is -2.44. The molecule has 0 saturated carbocycles. The van der Waals surface area contributed by atoms with Crippen molar-refractivity contribution in [3.63, 3.8) is 0 Å². The van der Waals surface area contributed by atoms with Gasteiger partial charge in [0, 0.05) is 13.1 Å². The fraction of sp³-hybridized carbons (Fsp3) is 0.600. The maximum Gasteiger partial charge on any atom is 0.119 e. The number of morpholine rings is 1. The quantitative estimate of drug-likeness (QED) is 0.799. The van der Waals surface area contributed by atoms with Gasteiger partial charge in [-0.15, -0.1) is 0 Å². The molecule has 1 atom stereocenters. The molecule has 0 N–H and O–H groups in total. The van der Waals surface area contributed by atoms with Crippen LogP contribution in [0.3, 0.4) is 0 Å². The third-order valence-corrected chi connectivity index (χ3v) is 3.41. The zero-order chi connectivity index (χ0) is 12.8. The Morgan fingerprint density at radius 3 is 3.06 bits per heavy atom. The smallest absolute Gasteiger partial charge is 0.119 e. The summed E-state index contributed by atoms with van der Waals surface area (Å²) < 4.78 is 11.6. The standard InChI is InChI=1S/C15H23NO2/c1-3-13-6-5-7-14(10-13)18-12-15-11-16(4-2)8-9-17-15/h5-7,10,15H,3-4,8-9,11-12H2,1-2H3. The Bertz CT molecular complexity index is 367. The van der Waals surface area contributed by atoms with Crippen molar-refractivity contribution in [2.75, 3.05) is 32.8 Å². The molecule has 0 aromatic heterocycles. The molecule has 0 aliphatic carbocycles. The highest BCUT2D eigenvalue weighted by Gasteiger charge is 2.19. The van der Waals surface area contributed by atoms with Gasteiger partial charge < -0.3 is 9.47 Å². The van der Waals surface area contributed by atoms with Crippen LogP contribution in [0, 0.1) is 0 Å². The van der Waals surface area contributed by atoms with Gasteiger partial charge >= 0.3 is 0 Å². The highest BCUT2D eigenvalue weighted by atomic mass is 16.5. The second-order valence-electron chi connectivity index (χ2n) is 4.70. The molecule has 3 heteroatoms. The minimum absolute atomic E-state index is 0.198. The van der Waals surface area contributed by atoms with Crippen molar-refractivity contribution in [2.24, 2.45) is 0 Å². The van der Waals surface area contributed by atoms with Crippen molar-refractivity contribution >= 4 is 0 Å². The van der Waals surface area contributed by atoms with Gasteiger partial charge in [0.15, 0.2) is 0 Å². The summed E-state index contributed by atoms with van der Waals surface area (Å²) in [6.07, 6.45) is 1.24. The van der Waals surface area contributed by atoms with Gasteiger partial charge in [-0.3, -0.25) is 4.90 Å². The average Bonchev–Trinajstić information content (AvgIpc) is 2.45. The van der Waals surface area contributed by atoms with E-state index in [1.807, 2.05) is 12.1 Å². The van der Waals surface area contributed by atoms with Crippen LogP contribution in [0.4, 0.5) is 0 Å². The first kappa shape index (κ1) is 13.4. The third kappa shape index (κ3) is 3.72. The van der Waals surface area contributed by atoms with Crippen LogP contribution < -0.4 is 4.74 Å². The summed E-state index contributed by atoms with van der Waals surface area (Å²) in [6.45, 7) is 8.91. The summed E-state index contributed by atoms with van der Waals surface area (Å²) in [5.74, 6) is 0.951. The van der Waals surface area contributed by atoms with Crippen LogP contribution in [0.2, 0.25) is 0 Å². The predicted octanol–water partition coefficient (Wildman–Crippen LogP) is 2.35. The number of hydrogen-bond acceptors (Lipinski definition) is 3. The van der Waals surface area contributed by atoms with E-state index >= 15 is 0 Å². The maximum atomic E-state index is 5.83. The molecule has 18 heavy (non-hydrogen) atoms. The van der Waals surface area contributed by atoms with Gasteiger partial charge in [-0.2, -0.15) is 0 Å². The molecule has 0 bridgehead atoms. The molecule has 1 saturated heterocycles. The highest BCUT2D eigenvalue weighted by molar-refractivity contribution is 5.28. The molecule has 2 rings (SSSR count). The van der Waals surface area contributed by atoms with Crippen molar-refractivity contribution in [3.05, 3.63) is 29.8 Å². The minimum atomic E-state index is 0.198. The van der Waals surface area contributed by atoms with Gasteiger partial charge in [0.05, 0.1) is 6.61 Å². The molecule has 1 aliphatic heterocycles. The molecule has 1 fully saturated rings. The van der Waals surface area contributed by atoms with E-state index in [1.165, 1.54) is 5.56 Å². The van der Waals surface area contributed by atoms with Crippen molar-refractivity contribution in [2.45, 2.75) is 26.4 Å². The van der Waals surface area contributed by atoms with Crippen LogP contribution in [-0.2, 0) is 11.2 Å². The van der Waals surface area contributed by atoms with E-state index in [0.29, 0.717) is 6.61 Å². The Balaban J connectivity index is 1.83. The first-order chi connectivity index (χ1) is 8.81. The number of benzene rings is 1. The van der Waals surface area contributed by atoms with E-state index in [-0.39, 0.29) is 6.10 Å². The van der Waals surface area contributed by atoms with E-state index in [9.17, 15) is 0 Å². The summed E-state index contributed by atoms with van der Waals surface area (Å²) in [6, 6.07) is 8.30. The Morgan fingerprint density at radius 1 is 1.39 bits per heavy atom. The number of ether oxygens (including phenoxy) is 2. The molecule has 1 aromatic rings. The Hall–Kier alpha value is -1.06. The van der Waals surface area contributed by atoms with Crippen LogP contribution in [-0.4, -0.2) is 43.9 Å². The second kappa shape index (κ2) is 6.76. The number of hydrogen-bond donors (Lipinski definition) is 0. The SMILES string of the molecule is CCc1cccc(OCC2CN(CC)CCO2)c1.